The lowest BCUT2D eigenvalue weighted by Gasteiger charge is -2.11. The number of fused-ring (bicyclic) bond motifs is 2. The van der Waals surface area contributed by atoms with Gasteiger partial charge in [0.2, 0.25) is 5.95 Å². The van der Waals surface area contributed by atoms with Gasteiger partial charge in [0.05, 0.1) is 28.9 Å². The van der Waals surface area contributed by atoms with Crippen molar-refractivity contribution in [1.29, 1.82) is 0 Å². The number of imidazole rings is 1. The zero-order chi connectivity index (χ0) is 20.1. The maximum atomic E-state index is 14.4. The van der Waals surface area contributed by atoms with Crippen molar-refractivity contribution < 1.29 is 8.81 Å². The van der Waals surface area contributed by atoms with E-state index in [2.05, 4.69) is 20.4 Å². The van der Waals surface area contributed by atoms with Crippen molar-refractivity contribution in [2.75, 3.05) is 5.32 Å². The lowest BCUT2D eigenvalue weighted by atomic mass is 10.1. The van der Waals surface area contributed by atoms with Gasteiger partial charge in [0.1, 0.15) is 11.4 Å². The summed E-state index contributed by atoms with van der Waals surface area (Å²) in [6, 6.07) is 6.83. The van der Waals surface area contributed by atoms with Crippen LogP contribution in [0.4, 0.5) is 10.3 Å². The molecule has 0 amide bonds. The van der Waals surface area contributed by atoms with Gasteiger partial charge >= 0.3 is 0 Å². The number of aryl methyl sites for hydroxylation is 3. The van der Waals surface area contributed by atoms with Crippen molar-refractivity contribution in [2.24, 2.45) is 7.05 Å². The third-order valence-corrected chi connectivity index (χ3v) is 5.00. The molecule has 0 aliphatic heterocycles. The van der Waals surface area contributed by atoms with Crippen LogP contribution in [0.1, 0.15) is 17.0 Å². The summed E-state index contributed by atoms with van der Waals surface area (Å²) in [6.45, 7) is 4.15. The van der Waals surface area contributed by atoms with E-state index in [9.17, 15) is 4.39 Å². The minimum atomic E-state index is -0.286. The third-order valence-electron chi connectivity index (χ3n) is 5.00. The van der Waals surface area contributed by atoms with Gasteiger partial charge in [0.15, 0.2) is 5.65 Å². The second-order valence-corrected chi connectivity index (χ2v) is 7.08. The van der Waals surface area contributed by atoms with E-state index in [0.29, 0.717) is 17.1 Å². The summed E-state index contributed by atoms with van der Waals surface area (Å²) in [6.07, 6.45) is 5.25. The van der Waals surface area contributed by atoms with Gasteiger partial charge in [0.25, 0.3) is 0 Å². The maximum absolute atomic E-state index is 14.4. The molecule has 7 nitrogen and oxygen atoms in total. The zero-order valence-corrected chi connectivity index (χ0v) is 16.3. The number of hydrogen-bond acceptors (Lipinski definition) is 5. The van der Waals surface area contributed by atoms with Crippen LogP contribution in [0.25, 0.3) is 27.9 Å². The first kappa shape index (κ1) is 17.4. The van der Waals surface area contributed by atoms with E-state index in [1.54, 1.807) is 24.6 Å². The summed E-state index contributed by atoms with van der Waals surface area (Å²) >= 11 is 0. The number of hydrogen-bond donors (Lipinski definition) is 1. The molecule has 0 radical (unpaired) electrons. The highest BCUT2D eigenvalue weighted by Crippen LogP contribution is 2.27. The Kier molecular flexibility index (Phi) is 3.87. The quantitative estimate of drug-likeness (QED) is 0.497. The largest absolute Gasteiger partial charge is 0.464 e. The van der Waals surface area contributed by atoms with Crippen LogP contribution in [0.3, 0.4) is 0 Å². The van der Waals surface area contributed by atoms with Crippen LogP contribution in [0.2, 0.25) is 0 Å². The molecule has 1 aromatic carbocycles. The monoisotopic (exact) mass is 390 g/mol. The molecule has 0 aliphatic carbocycles. The normalized spacial score (nSPS) is 11.6. The molecule has 0 saturated heterocycles. The Morgan fingerprint density at radius 2 is 2.03 bits per heavy atom. The first-order valence-electron chi connectivity index (χ1n) is 9.25. The fourth-order valence-corrected chi connectivity index (χ4v) is 3.69. The van der Waals surface area contributed by atoms with Crippen LogP contribution >= 0.6 is 0 Å². The fourth-order valence-electron chi connectivity index (χ4n) is 3.69. The number of anilines is 1. The highest BCUT2D eigenvalue weighted by atomic mass is 19.1. The Morgan fingerprint density at radius 3 is 2.83 bits per heavy atom. The molecule has 29 heavy (non-hydrogen) atoms. The Bertz CT molecular complexity index is 1360. The van der Waals surface area contributed by atoms with E-state index in [4.69, 9.17) is 4.42 Å². The number of benzene rings is 1. The van der Waals surface area contributed by atoms with Crippen LogP contribution in [0.15, 0.2) is 47.3 Å². The SMILES string of the molecule is Cc1cn2c(NCc3c(F)ccc4occc34)ncc(-c3cc(C)nn3C)c2n1. The fraction of sp³-hybridized carbons (Fsp3) is 0.190. The van der Waals surface area contributed by atoms with Gasteiger partial charge in [-0.05, 0) is 38.1 Å². The maximum Gasteiger partial charge on any atom is 0.208 e. The van der Waals surface area contributed by atoms with Crippen LogP contribution in [-0.4, -0.2) is 24.1 Å². The standard InChI is InChI=1S/C21H19FN6O/c1-12-8-18(27(3)26-12)16-10-24-21(28-11-13(2)25-20(16)28)23-9-15-14-6-7-29-19(14)5-4-17(15)22/h4-8,10-11H,9H2,1-3H3,(H,23,24). The molecule has 5 aromatic rings. The summed E-state index contributed by atoms with van der Waals surface area (Å²) in [4.78, 5) is 9.25. The van der Waals surface area contributed by atoms with Crippen molar-refractivity contribution in [2.45, 2.75) is 20.4 Å². The van der Waals surface area contributed by atoms with E-state index in [-0.39, 0.29) is 12.4 Å². The molecule has 0 aliphatic rings. The van der Waals surface area contributed by atoms with Crippen molar-refractivity contribution in [1.82, 2.24) is 24.1 Å². The smallest absolute Gasteiger partial charge is 0.208 e. The Morgan fingerprint density at radius 1 is 1.17 bits per heavy atom. The number of rotatable bonds is 4. The molecule has 4 heterocycles. The number of furan rings is 1. The van der Waals surface area contributed by atoms with Crippen LogP contribution in [-0.2, 0) is 13.6 Å². The number of nitrogens with zero attached hydrogens (tertiary/aromatic N) is 5. The predicted octanol–water partition coefficient (Wildman–Crippen LogP) is 4.24. The van der Waals surface area contributed by atoms with Crippen molar-refractivity contribution in [3.8, 4) is 11.3 Å². The molecule has 146 valence electrons. The predicted molar refractivity (Wildman–Crippen MR) is 108 cm³/mol. The molecule has 0 saturated carbocycles. The average molecular weight is 390 g/mol. The van der Waals surface area contributed by atoms with Crippen molar-refractivity contribution >= 4 is 22.6 Å². The summed E-state index contributed by atoms with van der Waals surface area (Å²) in [5, 5.41) is 8.41. The van der Waals surface area contributed by atoms with Gasteiger partial charge in [-0.15, -0.1) is 0 Å². The van der Waals surface area contributed by atoms with Gasteiger partial charge in [-0.1, -0.05) is 0 Å². The lowest BCUT2D eigenvalue weighted by Crippen LogP contribution is -2.08. The first-order chi connectivity index (χ1) is 14.0. The summed E-state index contributed by atoms with van der Waals surface area (Å²) < 4.78 is 23.5. The Labute approximate surface area is 165 Å². The Balaban J connectivity index is 1.56. The molecule has 0 atom stereocenters. The van der Waals surface area contributed by atoms with Gasteiger partial charge in [-0.3, -0.25) is 9.08 Å². The summed E-state index contributed by atoms with van der Waals surface area (Å²) in [5.74, 6) is 0.301. The third kappa shape index (κ3) is 2.84. The minimum Gasteiger partial charge on any atom is -0.464 e. The van der Waals surface area contributed by atoms with E-state index < -0.39 is 0 Å². The zero-order valence-electron chi connectivity index (χ0n) is 16.3. The number of nitrogens with one attached hydrogen (secondary N) is 1. The number of halogens is 1. The van der Waals surface area contributed by atoms with Crippen molar-refractivity contribution in [3.05, 3.63) is 65.7 Å². The molecule has 0 bridgehead atoms. The van der Waals surface area contributed by atoms with Gasteiger partial charge in [-0.2, -0.15) is 5.10 Å². The van der Waals surface area contributed by atoms with Crippen LogP contribution < -0.4 is 5.32 Å². The van der Waals surface area contributed by atoms with Gasteiger partial charge in [-0.25, -0.2) is 14.4 Å². The molecule has 1 N–H and O–H groups in total. The molecule has 4 aromatic heterocycles. The molecule has 0 spiro atoms. The lowest BCUT2D eigenvalue weighted by molar-refractivity contribution is 0.603. The molecular formula is C21H19FN6O. The van der Waals surface area contributed by atoms with E-state index in [0.717, 1.165) is 33.7 Å². The van der Waals surface area contributed by atoms with Gasteiger partial charge in [0, 0.05) is 36.9 Å². The van der Waals surface area contributed by atoms with Crippen LogP contribution in [0.5, 0.6) is 0 Å². The molecular weight excluding hydrogens is 371 g/mol. The molecule has 0 unspecified atom stereocenters. The highest BCUT2D eigenvalue weighted by Gasteiger charge is 2.16. The molecule has 8 heteroatoms. The summed E-state index contributed by atoms with van der Waals surface area (Å²) in [7, 11) is 1.90. The van der Waals surface area contributed by atoms with Crippen LogP contribution in [0, 0.1) is 19.7 Å². The first-order valence-corrected chi connectivity index (χ1v) is 9.25. The molecule has 5 rings (SSSR count). The summed E-state index contributed by atoms with van der Waals surface area (Å²) in [5.41, 5.74) is 5.57. The average Bonchev–Trinajstić information content (AvgIpc) is 3.38. The second kappa shape index (κ2) is 6.44. The van der Waals surface area contributed by atoms with E-state index in [1.807, 2.05) is 42.2 Å². The van der Waals surface area contributed by atoms with E-state index >= 15 is 0 Å². The van der Waals surface area contributed by atoms with Gasteiger partial charge < -0.3 is 9.73 Å². The topological polar surface area (TPSA) is 73.2 Å². The minimum absolute atomic E-state index is 0.270. The van der Waals surface area contributed by atoms with E-state index in [1.165, 1.54) is 6.07 Å². The second-order valence-electron chi connectivity index (χ2n) is 7.08. The highest BCUT2D eigenvalue weighted by molar-refractivity contribution is 5.81. The molecule has 0 fully saturated rings. The number of aromatic nitrogens is 5. The van der Waals surface area contributed by atoms with Crippen molar-refractivity contribution in [3.63, 3.8) is 0 Å². The Hall–Kier alpha value is -3.68.